The van der Waals surface area contributed by atoms with Crippen LogP contribution in [0.5, 0.6) is 0 Å². The van der Waals surface area contributed by atoms with Crippen LogP contribution in [0.4, 0.5) is 0 Å². The lowest BCUT2D eigenvalue weighted by Crippen LogP contribution is -2.21. The molecule has 0 saturated carbocycles. The fourth-order valence-corrected chi connectivity index (χ4v) is 2.44. The predicted octanol–water partition coefficient (Wildman–Crippen LogP) is 4.53. The molecule has 2 nitrogen and oxygen atoms in total. The molecule has 4 atom stereocenters. The molecule has 0 saturated heterocycles. The van der Waals surface area contributed by atoms with E-state index in [0.717, 1.165) is 17.8 Å². The average Bonchev–Trinajstić information content (AvgIpc) is 2.24. The monoisotopic (exact) mass is 256 g/mol. The highest BCUT2D eigenvalue weighted by Gasteiger charge is 2.20. The van der Waals surface area contributed by atoms with E-state index < -0.39 is 0 Å². The molecule has 0 aromatic rings. The molecule has 0 amide bonds. The molecule has 18 heavy (non-hydrogen) atoms. The van der Waals surface area contributed by atoms with Gasteiger partial charge in [0.2, 0.25) is 0 Å². The van der Waals surface area contributed by atoms with Gasteiger partial charge in [-0.1, -0.05) is 41.5 Å². The number of rotatable bonds is 8. The molecule has 0 aromatic heterocycles. The maximum absolute atomic E-state index is 10.8. The second kappa shape index (κ2) is 8.55. The lowest BCUT2D eigenvalue weighted by molar-refractivity contribution is -0.142. The molecule has 0 N–H and O–H groups in total. The molecule has 4 unspecified atom stereocenters. The highest BCUT2D eigenvalue weighted by molar-refractivity contribution is 5.65. The standard InChI is InChI=1S/C16H32O2/c1-11(2)8-12(3)13(4)9-14(5)15(6)10-18-16(7)17/h11-15H,8-10H2,1-7H3. The van der Waals surface area contributed by atoms with E-state index in [0.29, 0.717) is 18.4 Å². The predicted molar refractivity (Wildman–Crippen MR) is 77.4 cm³/mol. The van der Waals surface area contributed by atoms with Gasteiger partial charge < -0.3 is 4.74 Å². The van der Waals surface area contributed by atoms with Crippen molar-refractivity contribution in [2.75, 3.05) is 6.61 Å². The Morgan fingerprint density at radius 3 is 1.72 bits per heavy atom. The molecule has 0 aliphatic heterocycles. The van der Waals surface area contributed by atoms with Crippen molar-refractivity contribution in [1.29, 1.82) is 0 Å². The molecular formula is C16H32O2. The van der Waals surface area contributed by atoms with E-state index in [2.05, 4.69) is 41.5 Å². The van der Waals surface area contributed by atoms with Crippen LogP contribution in [0.25, 0.3) is 0 Å². The highest BCUT2D eigenvalue weighted by Crippen LogP contribution is 2.28. The van der Waals surface area contributed by atoms with Crippen LogP contribution in [-0.4, -0.2) is 12.6 Å². The topological polar surface area (TPSA) is 26.3 Å². The van der Waals surface area contributed by atoms with Crippen molar-refractivity contribution < 1.29 is 9.53 Å². The minimum absolute atomic E-state index is 0.171. The van der Waals surface area contributed by atoms with Gasteiger partial charge >= 0.3 is 5.97 Å². The highest BCUT2D eigenvalue weighted by atomic mass is 16.5. The first-order valence-electron chi connectivity index (χ1n) is 7.37. The summed E-state index contributed by atoms with van der Waals surface area (Å²) in [7, 11) is 0. The van der Waals surface area contributed by atoms with Gasteiger partial charge in [-0.3, -0.25) is 4.79 Å². The number of ether oxygens (including phenoxy) is 1. The molecule has 2 heteroatoms. The Morgan fingerprint density at radius 2 is 1.28 bits per heavy atom. The van der Waals surface area contributed by atoms with Crippen molar-refractivity contribution in [3.05, 3.63) is 0 Å². The Balaban J connectivity index is 4.04. The third-order valence-electron chi connectivity index (χ3n) is 4.08. The van der Waals surface area contributed by atoms with Crippen LogP contribution in [0.15, 0.2) is 0 Å². The van der Waals surface area contributed by atoms with Crippen molar-refractivity contribution in [3.63, 3.8) is 0 Å². The second-order valence-electron chi connectivity index (χ2n) is 6.58. The fraction of sp³-hybridized carbons (Fsp3) is 0.938. The molecule has 0 radical (unpaired) electrons. The molecule has 0 aliphatic rings. The summed E-state index contributed by atoms with van der Waals surface area (Å²) >= 11 is 0. The summed E-state index contributed by atoms with van der Waals surface area (Å²) in [5.41, 5.74) is 0. The number of carbonyl (C=O) groups excluding carboxylic acids is 1. The van der Waals surface area contributed by atoms with Crippen molar-refractivity contribution in [1.82, 2.24) is 0 Å². The Hall–Kier alpha value is -0.530. The SMILES string of the molecule is CC(=O)OCC(C)C(C)CC(C)C(C)CC(C)C. The van der Waals surface area contributed by atoms with Crippen LogP contribution >= 0.6 is 0 Å². The molecule has 108 valence electrons. The van der Waals surface area contributed by atoms with E-state index in [1.54, 1.807) is 0 Å². The molecule has 0 bridgehead atoms. The van der Waals surface area contributed by atoms with Gasteiger partial charge in [0.05, 0.1) is 6.61 Å². The molecule has 0 fully saturated rings. The summed E-state index contributed by atoms with van der Waals surface area (Å²) in [4.78, 5) is 10.8. The fourth-order valence-electron chi connectivity index (χ4n) is 2.44. The number of carbonyl (C=O) groups is 1. The second-order valence-corrected chi connectivity index (χ2v) is 6.58. The number of hydrogen-bond acceptors (Lipinski definition) is 2. The Kier molecular flexibility index (Phi) is 8.30. The first-order chi connectivity index (χ1) is 8.23. The summed E-state index contributed by atoms with van der Waals surface area (Å²) in [6, 6.07) is 0. The van der Waals surface area contributed by atoms with Crippen molar-refractivity contribution >= 4 is 5.97 Å². The largest absolute Gasteiger partial charge is 0.466 e. The van der Waals surface area contributed by atoms with Gasteiger partial charge in [-0.15, -0.1) is 0 Å². The van der Waals surface area contributed by atoms with Crippen molar-refractivity contribution in [3.8, 4) is 0 Å². The van der Waals surface area contributed by atoms with Gasteiger partial charge in [-0.2, -0.15) is 0 Å². The van der Waals surface area contributed by atoms with Gasteiger partial charge in [-0.05, 0) is 42.4 Å². The van der Waals surface area contributed by atoms with E-state index >= 15 is 0 Å². The van der Waals surface area contributed by atoms with Crippen molar-refractivity contribution in [2.45, 2.75) is 61.3 Å². The summed E-state index contributed by atoms with van der Waals surface area (Å²) < 4.78 is 5.09. The van der Waals surface area contributed by atoms with Gasteiger partial charge in [0.1, 0.15) is 0 Å². The van der Waals surface area contributed by atoms with Crippen LogP contribution in [-0.2, 0) is 9.53 Å². The van der Waals surface area contributed by atoms with Gasteiger partial charge in [0.25, 0.3) is 0 Å². The van der Waals surface area contributed by atoms with E-state index in [1.165, 1.54) is 19.8 Å². The van der Waals surface area contributed by atoms with Gasteiger partial charge in [-0.25, -0.2) is 0 Å². The Bertz CT molecular complexity index is 235. The minimum atomic E-state index is -0.171. The zero-order valence-electron chi connectivity index (χ0n) is 13.3. The molecule has 0 rings (SSSR count). The smallest absolute Gasteiger partial charge is 0.302 e. The Labute approximate surface area is 113 Å². The van der Waals surface area contributed by atoms with E-state index in [9.17, 15) is 4.79 Å². The lowest BCUT2D eigenvalue weighted by Gasteiger charge is -2.27. The van der Waals surface area contributed by atoms with Crippen molar-refractivity contribution in [2.24, 2.45) is 29.6 Å². The first-order valence-corrected chi connectivity index (χ1v) is 7.37. The third kappa shape index (κ3) is 7.73. The third-order valence-corrected chi connectivity index (χ3v) is 4.08. The zero-order valence-corrected chi connectivity index (χ0v) is 13.3. The zero-order chi connectivity index (χ0) is 14.3. The average molecular weight is 256 g/mol. The summed E-state index contributed by atoms with van der Waals surface area (Å²) in [6.45, 7) is 15.8. The summed E-state index contributed by atoms with van der Waals surface area (Å²) in [5, 5.41) is 0. The molecular weight excluding hydrogens is 224 g/mol. The first kappa shape index (κ1) is 17.5. The van der Waals surface area contributed by atoms with Crippen LogP contribution in [0.2, 0.25) is 0 Å². The van der Waals surface area contributed by atoms with E-state index in [1.807, 2.05) is 0 Å². The normalized spacial score (nSPS) is 18.2. The van der Waals surface area contributed by atoms with Crippen LogP contribution < -0.4 is 0 Å². The van der Waals surface area contributed by atoms with Gasteiger partial charge in [0.15, 0.2) is 0 Å². The Morgan fingerprint density at radius 1 is 0.833 bits per heavy atom. The van der Waals surface area contributed by atoms with Crippen LogP contribution in [0.1, 0.15) is 61.3 Å². The van der Waals surface area contributed by atoms with Gasteiger partial charge in [0, 0.05) is 6.92 Å². The summed E-state index contributed by atoms with van der Waals surface area (Å²) in [5.74, 6) is 3.17. The number of esters is 1. The quantitative estimate of drug-likeness (QED) is 0.596. The van der Waals surface area contributed by atoms with Crippen LogP contribution in [0.3, 0.4) is 0 Å². The lowest BCUT2D eigenvalue weighted by atomic mass is 9.80. The maximum atomic E-state index is 10.8. The number of hydrogen-bond donors (Lipinski definition) is 0. The molecule has 0 spiro atoms. The van der Waals surface area contributed by atoms with E-state index in [4.69, 9.17) is 4.74 Å². The molecule has 0 aliphatic carbocycles. The molecule has 0 aromatic carbocycles. The van der Waals surface area contributed by atoms with E-state index in [-0.39, 0.29) is 5.97 Å². The molecule has 0 heterocycles. The summed E-state index contributed by atoms with van der Waals surface area (Å²) in [6.07, 6.45) is 2.52. The van der Waals surface area contributed by atoms with Crippen LogP contribution in [0, 0.1) is 29.6 Å². The maximum Gasteiger partial charge on any atom is 0.302 e. The minimum Gasteiger partial charge on any atom is -0.466 e.